The van der Waals surface area contributed by atoms with Crippen LogP contribution in [0.15, 0.2) is 64.8 Å². The molecule has 2 atom stereocenters. The Kier molecular flexibility index (Phi) is 4.18. The summed E-state index contributed by atoms with van der Waals surface area (Å²) in [5.74, 6) is 0.640. The minimum atomic E-state index is 0.0718. The molecule has 5 heterocycles. The van der Waals surface area contributed by atoms with Gasteiger partial charge >= 0.3 is 0 Å². The Labute approximate surface area is 182 Å². The van der Waals surface area contributed by atoms with Crippen LogP contribution in [0.25, 0.3) is 20.5 Å². The molecular formula is C24H20N2O2S2. The molecule has 30 heavy (non-hydrogen) atoms. The third-order valence-corrected chi connectivity index (χ3v) is 8.31. The first-order valence-corrected chi connectivity index (χ1v) is 11.9. The first-order chi connectivity index (χ1) is 14.7. The Bertz CT molecular complexity index is 1290. The molecule has 1 fully saturated rings. The Balaban J connectivity index is 1.44. The van der Waals surface area contributed by atoms with Crippen LogP contribution < -0.4 is 5.56 Å². The summed E-state index contributed by atoms with van der Waals surface area (Å²) in [5.41, 5.74) is 2.32. The maximum Gasteiger partial charge on any atom is 0.263 e. The lowest BCUT2D eigenvalue weighted by Crippen LogP contribution is -2.49. The van der Waals surface area contributed by atoms with E-state index in [-0.39, 0.29) is 17.4 Å². The van der Waals surface area contributed by atoms with E-state index in [1.54, 1.807) is 17.4 Å². The summed E-state index contributed by atoms with van der Waals surface area (Å²) in [6, 6.07) is 18.1. The van der Waals surface area contributed by atoms with Gasteiger partial charge < -0.3 is 9.47 Å². The van der Waals surface area contributed by atoms with Crippen molar-refractivity contribution in [2.75, 3.05) is 13.1 Å². The molecule has 2 bridgehead atoms. The van der Waals surface area contributed by atoms with Crippen LogP contribution in [0.2, 0.25) is 0 Å². The zero-order valence-corrected chi connectivity index (χ0v) is 17.9. The Morgan fingerprint density at radius 3 is 2.73 bits per heavy atom. The SMILES string of the molecule is O=C(c1cccs1)N1CC2CC(C1)c1c(-c3cc4ccccc4s3)ccc(=O)n1C2. The van der Waals surface area contributed by atoms with Crippen molar-refractivity contribution in [3.8, 4) is 10.4 Å². The summed E-state index contributed by atoms with van der Waals surface area (Å²) >= 11 is 3.27. The topological polar surface area (TPSA) is 42.3 Å². The molecule has 1 aromatic carbocycles. The third-order valence-electron chi connectivity index (χ3n) is 6.30. The molecule has 1 saturated heterocycles. The van der Waals surface area contributed by atoms with Gasteiger partial charge in [0.05, 0.1) is 4.88 Å². The van der Waals surface area contributed by atoms with E-state index in [0.29, 0.717) is 19.0 Å². The molecule has 6 heteroatoms. The smallest absolute Gasteiger partial charge is 0.263 e. The highest BCUT2D eigenvalue weighted by Crippen LogP contribution is 2.43. The molecule has 0 N–H and O–H groups in total. The van der Waals surface area contributed by atoms with Gasteiger partial charge in [0.1, 0.15) is 0 Å². The molecule has 0 radical (unpaired) electrons. The van der Waals surface area contributed by atoms with Crippen LogP contribution in [0.3, 0.4) is 0 Å². The van der Waals surface area contributed by atoms with E-state index in [4.69, 9.17) is 0 Å². The van der Waals surface area contributed by atoms with Gasteiger partial charge in [-0.2, -0.15) is 0 Å². The Hall–Kier alpha value is -2.70. The van der Waals surface area contributed by atoms with Gasteiger partial charge in [-0.1, -0.05) is 24.3 Å². The van der Waals surface area contributed by atoms with E-state index in [0.717, 1.165) is 29.1 Å². The predicted octanol–water partition coefficient (Wildman–Crippen LogP) is 5.05. The zero-order valence-electron chi connectivity index (χ0n) is 16.3. The fourth-order valence-corrected chi connectivity index (χ4v) is 6.85. The second-order valence-corrected chi connectivity index (χ2v) is 10.2. The quantitative estimate of drug-likeness (QED) is 0.445. The maximum absolute atomic E-state index is 13.0. The van der Waals surface area contributed by atoms with E-state index in [1.165, 1.54) is 26.3 Å². The number of fused-ring (bicyclic) bond motifs is 5. The van der Waals surface area contributed by atoms with Crippen LogP contribution in [0, 0.1) is 5.92 Å². The highest BCUT2D eigenvalue weighted by atomic mass is 32.1. The number of hydrogen-bond donors (Lipinski definition) is 0. The normalized spacial score (nSPS) is 20.3. The molecule has 3 aromatic heterocycles. The summed E-state index contributed by atoms with van der Waals surface area (Å²) in [6.45, 7) is 2.10. The largest absolute Gasteiger partial charge is 0.337 e. The van der Waals surface area contributed by atoms with Crippen molar-refractivity contribution in [2.24, 2.45) is 5.92 Å². The lowest BCUT2D eigenvalue weighted by atomic mass is 9.81. The predicted molar refractivity (Wildman–Crippen MR) is 123 cm³/mol. The summed E-state index contributed by atoms with van der Waals surface area (Å²) < 4.78 is 3.23. The number of hydrogen-bond acceptors (Lipinski definition) is 4. The average Bonchev–Trinajstić information content (AvgIpc) is 3.43. The minimum Gasteiger partial charge on any atom is -0.337 e. The number of rotatable bonds is 2. The second kappa shape index (κ2) is 6.93. The molecule has 2 unspecified atom stereocenters. The van der Waals surface area contributed by atoms with E-state index >= 15 is 0 Å². The third kappa shape index (κ3) is 2.86. The van der Waals surface area contributed by atoms with Crippen molar-refractivity contribution in [3.63, 3.8) is 0 Å². The van der Waals surface area contributed by atoms with Crippen LogP contribution in [0.4, 0.5) is 0 Å². The van der Waals surface area contributed by atoms with Gasteiger partial charge in [-0.25, -0.2) is 0 Å². The van der Waals surface area contributed by atoms with Crippen LogP contribution in [0.1, 0.15) is 27.7 Å². The first-order valence-electron chi connectivity index (χ1n) is 10.2. The number of amides is 1. The summed E-state index contributed by atoms with van der Waals surface area (Å²) in [5, 5.41) is 3.18. The van der Waals surface area contributed by atoms with E-state index in [2.05, 4.69) is 30.3 Å². The minimum absolute atomic E-state index is 0.0718. The molecular weight excluding hydrogens is 412 g/mol. The zero-order chi connectivity index (χ0) is 20.2. The molecule has 2 aliphatic heterocycles. The monoisotopic (exact) mass is 432 g/mol. The lowest BCUT2D eigenvalue weighted by Gasteiger charge is -2.43. The fraction of sp³-hybridized carbons (Fsp3) is 0.250. The van der Waals surface area contributed by atoms with E-state index in [1.807, 2.05) is 33.0 Å². The van der Waals surface area contributed by atoms with Gasteiger partial charge in [0, 0.05) is 52.5 Å². The Morgan fingerprint density at radius 2 is 1.90 bits per heavy atom. The second-order valence-electron chi connectivity index (χ2n) is 8.22. The molecule has 1 amide bonds. The number of thiophene rings is 2. The number of aromatic nitrogens is 1. The summed E-state index contributed by atoms with van der Waals surface area (Å²) in [4.78, 5) is 29.7. The molecule has 0 aliphatic carbocycles. The summed E-state index contributed by atoms with van der Waals surface area (Å²) in [6.07, 6.45) is 1.04. The van der Waals surface area contributed by atoms with E-state index < -0.39 is 0 Å². The molecule has 2 aliphatic rings. The molecule has 6 rings (SSSR count). The van der Waals surface area contributed by atoms with Crippen molar-refractivity contribution >= 4 is 38.7 Å². The van der Waals surface area contributed by atoms with Gasteiger partial charge in [0.2, 0.25) is 0 Å². The lowest BCUT2D eigenvalue weighted by molar-refractivity contribution is 0.0600. The number of likely N-dealkylation sites (tertiary alicyclic amines) is 1. The highest BCUT2D eigenvalue weighted by Gasteiger charge is 2.38. The molecule has 150 valence electrons. The van der Waals surface area contributed by atoms with Gasteiger partial charge in [-0.3, -0.25) is 9.59 Å². The number of piperidine rings is 1. The Morgan fingerprint density at radius 1 is 1.00 bits per heavy atom. The van der Waals surface area contributed by atoms with Gasteiger partial charge in [0.25, 0.3) is 11.5 Å². The summed E-state index contributed by atoms with van der Waals surface area (Å²) in [7, 11) is 0. The van der Waals surface area contributed by atoms with Crippen molar-refractivity contribution in [1.82, 2.24) is 9.47 Å². The van der Waals surface area contributed by atoms with Crippen LogP contribution in [-0.2, 0) is 6.54 Å². The molecule has 4 nitrogen and oxygen atoms in total. The van der Waals surface area contributed by atoms with Crippen LogP contribution in [0.5, 0.6) is 0 Å². The standard InChI is InChI=1S/C24H20N2O2S2/c27-22-8-7-18(21-11-16-4-1-2-5-19(16)30-21)23-17-10-15(13-26(22)23)12-25(14-17)24(28)20-6-3-9-29-20/h1-9,11,15,17H,10,12-14H2. The van der Waals surface area contributed by atoms with Crippen molar-refractivity contribution in [3.05, 3.63) is 80.9 Å². The number of pyridine rings is 1. The molecule has 4 aromatic rings. The van der Waals surface area contributed by atoms with Crippen LogP contribution in [-0.4, -0.2) is 28.5 Å². The average molecular weight is 433 g/mol. The van der Waals surface area contributed by atoms with Gasteiger partial charge in [0.15, 0.2) is 0 Å². The molecule has 0 saturated carbocycles. The first kappa shape index (κ1) is 18.1. The van der Waals surface area contributed by atoms with E-state index in [9.17, 15) is 9.59 Å². The van der Waals surface area contributed by atoms with Crippen molar-refractivity contribution in [1.29, 1.82) is 0 Å². The fourth-order valence-electron chi connectivity index (χ4n) is 5.06. The maximum atomic E-state index is 13.0. The van der Waals surface area contributed by atoms with Crippen molar-refractivity contribution in [2.45, 2.75) is 18.9 Å². The van der Waals surface area contributed by atoms with Crippen molar-refractivity contribution < 1.29 is 4.79 Å². The molecule has 0 spiro atoms. The number of nitrogens with zero attached hydrogens (tertiary/aromatic N) is 2. The van der Waals surface area contributed by atoms with Gasteiger partial charge in [-0.15, -0.1) is 22.7 Å². The number of carbonyl (C=O) groups is 1. The number of benzene rings is 1. The highest BCUT2D eigenvalue weighted by molar-refractivity contribution is 7.22. The van der Waals surface area contributed by atoms with Crippen LogP contribution >= 0.6 is 22.7 Å². The number of carbonyl (C=O) groups excluding carboxylic acids is 1. The van der Waals surface area contributed by atoms with Gasteiger partial charge in [-0.05, 0) is 47.4 Å².